The molecule has 10 heteroatoms. The molecule has 1 aliphatic rings. The zero-order chi connectivity index (χ0) is 24.5. The van der Waals surface area contributed by atoms with E-state index in [-0.39, 0.29) is 23.1 Å². The Morgan fingerprint density at radius 2 is 2.03 bits per heavy atom. The van der Waals surface area contributed by atoms with Crippen molar-refractivity contribution < 1.29 is 4.79 Å². The van der Waals surface area contributed by atoms with Crippen molar-refractivity contribution in [3.8, 4) is 11.4 Å². The summed E-state index contributed by atoms with van der Waals surface area (Å²) in [5.74, 6) is 0.963. The molecule has 4 aromatic rings. The van der Waals surface area contributed by atoms with Gasteiger partial charge in [0.15, 0.2) is 11.4 Å². The van der Waals surface area contributed by atoms with Gasteiger partial charge in [0.2, 0.25) is 0 Å². The molecule has 4 heterocycles. The molecule has 0 bridgehead atoms. The Hall–Kier alpha value is -4.08. The van der Waals surface area contributed by atoms with Gasteiger partial charge in [0.1, 0.15) is 17.2 Å². The molecule has 1 atom stereocenters. The molecule has 180 valence electrons. The van der Waals surface area contributed by atoms with Crippen LogP contribution in [0.5, 0.6) is 0 Å². The molecule has 1 unspecified atom stereocenters. The van der Waals surface area contributed by atoms with E-state index in [1.165, 1.54) is 4.57 Å². The smallest absolute Gasteiger partial charge is 0.333 e. The number of fused-ring (bicyclic) bond motifs is 1. The molecule has 0 aliphatic heterocycles. The lowest BCUT2D eigenvalue weighted by Crippen LogP contribution is -2.39. The number of pyridine rings is 2. The first-order chi connectivity index (χ1) is 17.0. The van der Waals surface area contributed by atoms with Gasteiger partial charge in [-0.1, -0.05) is 13.8 Å². The van der Waals surface area contributed by atoms with Crippen LogP contribution < -0.4 is 16.6 Å². The van der Waals surface area contributed by atoms with Crippen LogP contribution in [0.25, 0.3) is 22.6 Å². The van der Waals surface area contributed by atoms with Crippen molar-refractivity contribution in [2.75, 3.05) is 5.32 Å². The fourth-order valence-electron chi connectivity index (χ4n) is 4.21. The van der Waals surface area contributed by atoms with Crippen LogP contribution >= 0.6 is 0 Å². The van der Waals surface area contributed by atoms with Crippen molar-refractivity contribution in [1.82, 2.24) is 29.1 Å². The number of nitrogens with one attached hydrogen (secondary N) is 2. The topological polar surface area (TPSA) is 128 Å². The van der Waals surface area contributed by atoms with Crippen LogP contribution in [0.3, 0.4) is 0 Å². The molecule has 35 heavy (non-hydrogen) atoms. The van der Waals surface area contributed by atoms with E-state index in [0.717, 1.165) is 19.3 Å². The second-order valence-corrected chi connectivity index (χ2v) is 8.77. The van der Waals surface area contributed by atoms with Gasteiger partial charge in [-0.05, 0) is 49.9 Å². The average Bonchev–Trinajstić information content (AvgIpc) is 3.62. The maximum Gasteiger partial charge on any atom is 0.333 e. The lowest BCUT2D eigenvalue weighted by Gasteiger charge is -2.16. The van der Waals surface area contributed by atoms with Gasteiger partial charge in [-0.15, -0.1) is 0 Å². The number of rotatable bonds is 9. The highest BCUT2D eigenvalue weighted by Gasteiger charge is 2.30. The molecular formula is C25H27N7O3. The molecule has 1 aliphatic carbocycles. The monoisotopic (exact) mass is 473 g/mol. The van der Waals surface area contributed by atoms with Crippen LogP contribution in [0.4, 0.5) is 5.82 Å². The maximum atomic E-state index is 13.0. The SMILES string of the molecule is CCCn1c(=O)n(C2CC2)c(=O)c2[nH]c(-c3ccc(NC(CC)C(=O)c4cccnc4)nc3)nc21. The maximum absolute atomic E-state index is 13.0. The molecule has 0 aromatic carbocycles. The molecule has 0 spiro atoms. The van der Waals surface area contributed by atoms with Crippen LogP contribution in [0, 0.1) is 0 Å². The highest BCUT2D eigenvalue weighted by Crippen LogP contribution is 2.32. The predicted molar refractivity (Wildman–Crippen MR) is 133 cm³/mol. The molecule has 1 fully saturated rings. The van der Waals surface area contributed by atoms with Crippen molar-refractivity contribution in [2.24, 2.45) is 0 Å². The Kier molecular flexibility index (Phi) is 6.02. The fourth-order valence-corrected chi connectivity index (χ4v) is 4.21. The summed E-state index contributed by atoms with van der Waals surface area (Å²) in [6, 6.07) is 6.60. The summed E-state index contributed by atoms with van der Waals surface area (Å²) in [5, 5.41) is 3.18. The molecule has 2 N–H and O–H groups in total. The van der Waals surface area contributed by atoms with E-state index in [1.807, 2.05) is 19.9 Å². The number of H-pyrrole nitrogens is 1. The number of carbonyl (C=O) groups is 1. The van der Waals surface area contributed by atoms with Crippen LogP contribution in [-0.4, -0.2) is 40.9 Å². The number of aromatic amines is 1. The number of Topliss-reactive ketones (excluding diaryl/α,β-unsaturated/α-hetero) is 1. The Balaban J connectivity index is 1.44. The van der Waals surface area contributed by atoms with Gasteiger partial charge in [0.05, 0.1) is 6.04 Å². The Morgan fingerprint density at radius 3 is 2.66 bits per heavy atom. The van der Waals surface area contributed by atoms with Gasteiger partial charge in [-0.2, -0.15) is 0 Å². The van der Waals surface area contributed by atoms with Gasteiger partial charge in [0, 0.05) is 42.3 Å². The van der Waals surface area contributed by atoms with Crippen LogP contribution in [-0.2, 0) is 6.54 Å². The first-order valence-electron chi connectivity index (χ1n) is 11.9. The van der Waals surface area contributed by atoms with Crippen molar-refractivity contribution in [3.63, 3.8) is 0 Å². The number of hydrogen-bond acceptors (Lipinski definition) is 7. The summed E-state index contributed by atoms with van der Waals surface area (Å²) < 4.78 is 2.93. The first kappa shape index (κ1) is 22.7. The van der Waals surface area contributed by atoms with E-state index in [4.69, 9.17) is 0 Å². The van der Waals surface area contributed by atoms with Crippen LogP contribution in [0.2, 0.25) is 0 Å². The van der Waals surface area contributed by atoms with Crippen molar-refractivity contribution in [3.05, 3.63) is 69.3 Å². The van der Waals surface area contributed by atoms with Gasteiger partial charge in [-0.3, -0.25) is 23.7 Å². The Labute approximate surface area is 201 Å². The predicted octanol–water partition coefficient (Wildman–Crippen LogP) is 3.16. The number of hydrogen-bond donors (Lipinski definition) is 2. The molecule has 0 radical (unpaired) electrons. The second kappa shape index (κ2) is 9.28. The minimum Gasteiger partial charge on any atom is -0.360 e. The van der Waals surface area contributed by atoms with Gasteiger partial charge >= 0.3 is 5.69 Å². The molecular weight excluding hydrogens is 446 g/mol. The Bertz CT molecular complexity index is 1480. The molecule has 1 saturated carbocycles. The van der Waals surface area contributed by atoms with E-state index >= 15 is 0 Å². The van der Waals surface area contributed by atoms with Crippen LogP contribution in [0.15, 0.2) is 52.4 Å². The number of nitrogens with zero attached hydrogens (tertiary/aromatic N) is 5. The number of anilines is 1. The van der Waals surface area contributed by atoms with E-state index in [1.54, 1.807) is 41.4 Å². The summed E-state index contributed by atoms with van der Waals surface area (Å²) in [7, 11) is 0. The highest BCUT2D eigenvalue weighted by molar-refractivity contribution is 6.01. The number of carbonyl (C=O) groups excluding carboxylic acids is 1. The van der Waals surface area contributed by atoms with Crippen LogP contribution in [0.1, 0.15) is 55.9 Å². The van der Waals surface area contributed by atoms with Gasteiger partial charge < -0.3 is 10.3 Å². The molecule has 4 aromatic heterocycles. The lowest BCUT2D eigenvalue weighted by atomic mass is 10.0. The van der Waals surface area contributed by atoms with Gasteiger partial charge in [0.25, 0.3) is 5.56 Å². The number of ketones is 1. The number of aryl methyl sites for hydroxylation is 1. The summed E-state index contributed by atoms with van der Waals surface area (Å²) in [4.78, 5) is 55.0. The largest absolute Gasteiger partial charge is 0.360 e. The molecule has 0 saturated heterocycles. The highest BCUT2D eigenvalue weighted by atomic mass is 16.2. The number of aromatic nitrogens is 6. The summed E-state index contributed by atoms with van der Waals surface area (Å²) in [6.07, 6.45) is 7.83. The molecule has 10 nitrogen and oxygen atoms in total. The summed E-state index contributed by atoms with van der Waals surface area (Å²) in [5.41, 5.74) is 1.28. The van der Waals surface area contributed by atoms with E-state index in [9.17, 15) is 14.4 Å². The third-order valence-electron chi connectivity index (χ3n) is 6.20. The quantitative estimate of drug-likeness (QED) is 0.357. The standard InChI is InChI=1S/C25H27N7O3/c1-3-12-31-23-20(24(34)32(25(31)35)17-8-9-17)29-22(30-23)16-7-10-19(27-14-16)28-18(4-2)21(33)15-6-5-11-26-13-15/h5-7,10-11,13-14,17-18H,3-4,8-9,12H2,1-2H3,(H,27,28)(H,29,30). The number of imidazole rings is 1. The second-order valence-electron chi connectivity index (χ2n) is 8.77. The minimum atomic E-state index is -0.437. The van der Waals surface area contributed by atoms with Crippen molar-refractivity contribution >= 4 is 22.8 Å². The van der Waals surface area contributed by atoms with E-state index < -0.39 is 6.04 Å². The normalized spacial score (nSPS) is 14.2. The summed E-state index contributed by atoms with van der Waals surface area (Å²) >= 11 is 0. The molecule has 5 rings (SSSR count). The minimum absolute atomic E-state index is 0.0258. The van der Waals surface area contributed by atoms with E-state index in [2.05, 4.69) is 25.3 Å². The zero-order valence-electron chi connectivity index (χ0n) is 19.7. The van der Waals surface area contributed by atoms with Gasteiger partial charge in [-0.25, -0.2) is 14.8 Å². The Morgan fingerprint density at radius 1 is 1.20 bits per heavy atom. The zero-order valence-corrected chi connectivity index (χ0v) is 19.7. The molecule has 0 amide bonds. The third kappa shape index (κ3) is 4.27. The fraction of sp³-hybridized carbons (Fsp3) is 0.360. The van der Waals surface area contributed by atoms with E-state index in [0.29, 0.717) is 46.9 Å². The third-order valence-corrected chi connectivity index (χ3v) is 6.20. The van der Waals surface area contributed by atoms with Crippen molar-refractivity contribution in [2.45, 2.75) is 58.2 Å². The van der Waals surface area contributed by atoms with Crippen molar-refractivity contribution in [1.29, 1.82) is 0 Å². The summed E-state index contributed by atoms with van der Waals surface area (Å²) in [6.45, 7) is 4.40. The first-order valence-corrected chi connectivity index (χ1v) is 11.9. The average molecular weight is 474 g/mol. The lowest BCUT2D eigenvalue weighted by molar-refractivity contribution is 0.0967.